The van der Waals surface area contributed by atoms with Crippen molar-refractivity contribution >= 4 is 17.6 Å². The van der Waals surface area contributed by atoms with E-state index in [-0.39, 0.29) is 0 Å². The predicted octanol–water partition coefficient (Wildman–Crippen LogP) is 2.37. The van der Waals surface area contributed by atoms with E-state index in [0.717, 1.165) is 25.6 Å². The standard InChI is InChI=1S/C7H17BClN/c1-2-3-5-8(9)6-4-7-10/h2-7,10H2,1H3. The second kappa shape index (κ2) is 7.42. The van der Waals surface area contributed by atoms with Gasteiger partial charge in [-0.1, -0.05) is 32.4 Å². The van der Waals surface area contributed by atoms with Crippen LogP contribution in [0.15, 0.2) is 0 Å². The third kappa shape index (κ3) is 6.44. The zero-order chi connectivity index (χ0) is 7.82. The van der Waals surface area contributed by atoms with Gasteiger partial charge in [-0.2, -0.15) is 11.5 Å². The molecule has 0 fully saturated rings. The first-order valence-electron chi connectivity index (χ1n) is 4.15. The molecule has 0 aromatic carbocycles. The SMILES string of the molecule is CCCCB(Cl)CCCN. The third-order valence-corrected chi connectivity index (χ3v) is 2.03. The number of hydrogen-bond donors (Lipinski definition) is 1. The lowest BCUT2D eigenvalue weighted by atomic mass is 9.67. The zero-order valence-electron chi connectivity index (χ0n) is 6.78. The van der Waals surface area contributed by atoms with E-state index >= 15 is 0 Å². The molecule has 0 spiro atoms. The van der Waals surface area contributed by atoms with Crippen molar-refractivity contribution in [3.05, 3.63) is 0 Å². The van der Waals surface area contributed by atoms with Crippen LogP contribution >= 0.6 is 11.5 Å². The highest BCUT2D eigenvalue weighted by molar-refractivity contribution is 7.06. The van der Waals surface area contributed by atoms with Crippen LogP contribution in [0.1, 0.15) is 26.2 Å². The van der Waals surface area contributed by atoms with Crippen LogP contribution < -0.4 is 5.73 Å². The van der Waals surface area contributed by atoms with Gasteiger partial charge in [0.1, 0.15) is 0 Å². The Hall–Kier alpha value is 0.315. The summed E-state index contributed by atoms with van der Waals surface area (Å²) in [5.41, 5.74) is 5.35. The largest absolute Gasteiger partial charge is 0.330 e. The fraction of sp³-hybridized carbons (Fsp3) is 1.00. The molecule has 0 radical (unpaired) electrons. The summed E-state index contributed by atoms with van der Waals surface area (Å²) in [6, 6.07) is 0. The molecule has 3 heteroatoms. The molecule has 0 amide bonds. The molecular formula is C7H17BClN. The molecule has 0 saturated heterocycles. The van der Waals surface area contributed by atoms with Gasteiger partial charge in [-0.3, -0.25) is 0 Å². The summed E-state index contributed by atoms with van der Waals surface area (Å²) in [4.78, 5) is 0. The highest BCUT2D eigenvalue weighted by Crippen LogP contribution is 2.10. The number of nitrogens with two attached hydrogens (primary N) is 1. The highest BCUT2D eigenvalue weighted by atomic mass is 35.5. The van der Waals surface area contributed by atoms with Crippen LogP contribution in [-0.2, 0) is 0 Å². The molecule has 0 bridgehead atoms. The molecule has 60 valence electrons. The van der Waals surface area contributed by atoms with Crippen molar-refractivity contribution in [2.45, 2.75) is 38.8 Å². The third-order valence-electron chi connectivity index (χ3n) is 1.59. The molecule has 0 unspecified atom stereocenters. The minimum absolute atomic E-state index is 0.364. The monoisotopic (exact) mass is 161 g/mol. The van der Waals surface area contributed by atoms with Crippen molar-refractivity contribution in [3.63, 3.8) is 0 Å². The Labute approximate surface area is 69.3 Å². The molecule has 0 aliphatic rings. The summed E-state index contributed by atoms with van der Waals surface area (Å²) < 4.78 is 0. The highest BCUT2D eigenvalue weighted by Gasteiger charge is 2.07. The molecule has 0 aromatic rings. The first kappa shape index (κ1) is 10.3. The smallest absolute Gasteiger partial charge is 0.250 e. The Morgan fingerprint density at radius 1 is 1.30 bits per heavy atom. The van der Waals surface area contributed by atoms with E-state index in [9.17, 15) is 0 Å². The van der Waals surface area contributed by atoms with Crippen LogP contribution in [0.3, 0.4) is 0 Å². The Kier molecular flexibility index (Phi) is 7.66. The number of halogens is 1. The van der Waals surface area contributed by atoms with Gasteiger partial charge in [-0.05, 0) is 13.0 Å². The molecular weight excluding hydrogens is 144 g/mol. The predicted molar refractivity (Wildman–Crippen MR) is 49.8 cm³/mol. The van der Waals surface area contributed by atoms with Crippen LogP contribution in [0.5, 0.6) is 0 Å². The van der Waals surface area contributed by atoms with Crippen molar-refractivity contribution in [2.24, 2.45) is 5.73 Å². The zero-order valence-corrected chi connectivity index (χ0v) is 7.53. The maximum absolute atomic E-state index is 5.98. The first-order chi connectivity index (χ1) is 4.81. The van der Waals surface area contributed by atoms with Crippen molar-refractivity contribution in [1.29, 1.82) is 0 Å². The minimum Gasteiger partial charge on any atom is -0.330 e. The molecule has 0 saturated carbocycles. The molecule has 0 aliphatic carbocycles. The topological polar surface area (TPSA) is 26.0 Å². The number of hydrogen-bond acceptors (Lipinski definition) is 1. The van der Waals surface area contributed by atoms with Crippen molar-refractivity contribution in [2.75, 3.05) is 6.54 Å². The van der Waals surface area contributed by atoms with Crippen LogP contribution in [0.2, 0.25) is 12.6 Å². The first-order valence-corrected chi connectivity index (χ1v) is 4.59. The fourth-order valence-corrected chi connectivity index (χ4v) is 1.22. The maximum atomic E-state index is 5.98. The summed E-state index contributed by atoms with van der Waals surface area (Å²) in [5, 5.41) is 0. The average Bonchev–Trinajstić information content (AvgIpc) is 1.97. The quantitative estimate of drug-likeness (QED) is 0.595. The van der Waals surface area contributed by atoms with Gasteiger partial charge in [-0.25, -0.2) is 0 Å². The van der Waals surface area contributed by atoms with Crippen LogP contribution in [-0.4, -0.2) is 12.7 Å². The summed E-state index contributed by atoms with van der Waals surface area (Å²) in [6.45, 7) is 2.96. The minimum atomic E-state index is 0.364. The normalized spacial score (nSPS) is 9.90. The summed E-state index contributed by atoms with van der Waals surface area (Å²) in [6.07, 6.45) is 6.15. The van der Waals surface area contributed by atoms with Crippen molar-refractivity contribution in [3.8, 4) is 0 Å². The Morgan fingerprint density at radius 2 is 1.90 bits per heavy atom. The molecule has 0 aromatic heterocycles. The van der Waals surface area contributed by atoms with Gasteiger partial charge in [0.05, 0.1) is 0 Å². The van der Waals surface area contributed by atoms with E-state index in [2.05, 4.69) is 6.92 Å². The molecule has 1 nitrogen and oxygen atoms in total. The van der Waals surface area contributed by atoms with Gasteiger partial charge in [0.2, 0.25) is 0 Å². The molecule has 10 heavy (non-hydrogen) atoms. The second-order valence-electron chi connectivity index (χ2n) is 2.67. The van der Waals surface area contributed by atoms with Crippen LogP contribution in [0.25, 0.3) is 0 Å². The lowest BCUT2D eigenvalue weighted by Gasteiger charge is -2.01. The molecule has 0 rings (SSSR count). The summed E-state index contributed by atoms with van der Waals surface area (Å²) >= 11 is 5.98. The second-order valence-corrected chi connectivity index (χ2v) is 3.29. The van der Waals surface area contributed by atoms with Crippen LogP contribution in [0.4, 0.5) is 0 Å². The summed E-state index contributed by atoms with van der Waals surface area (Å²) in [7, 11) is 0. The molecule has 0 atom stereocenters. The van der Waals surface area contributed by atoms with Crippen molar-refractivity contribution < 1.29 is 0 Å². The van der Waals surface area contributed by atoms with Gasteiger partial charge in [0.25, 0.3) is 6.13 Å². The Balaban J connectivity index is 3.00. The van der Waals surface area contributed by atoms with Crippen molar-refractivity contribution in [1.82, 2.24) is 0 Å². The summed E-state index contributed by atoms with van der Waals surface area (Å²) in [5.74, 6) is 0. The van der Waals surface area contributed by atoms with E-state index in [1.54, 1.807) is 0 Å². The maximum Gasteiger partial charge on any atom is 0.250 e. The molecule has 0 aliphatic heterocycles. The fourth-order valence-electron chi connectivity index (χ4n) is 0.909. The van der Waals surface area contributed by atoms with E-state index < -0.39 is 0 Å². The van der Waals surface area contributed by atoms with Gasteiger partial charge >= 0.3 is 0 Å². The van der Waals surface area contributed by atoms with Crippen LogP contribution in [0, 0.1) is 0 Å². The Bertz CT molecular complexity index is 62.6. The van der Waals surface area contributed by atoms with E-state index in [4.69, 9.17) is 17.2 Å². The van der Waals surface area contributed by atoms with Gasteiger partial charge in [0, 0.05) is 0 Å². The number of unbranched alkanes of at least 4 members (excludes halogenated alkanes) is 1. The van der Waals surface area contributed by atoms with E-state index in [0.29, 0.717) is 6.13 Å². The van der Waals surface area contributed by atoms with Gasteiger partial charge < -0.3 is 5.73 Å². The van der Waals surface area contributed by atoms with E-state index in [1.165, 1.54) is 12.8 Å². The number of rotatable bonds is 6. The average molecular weight is 161 g/mol. The van der Waals surface area contributed by atoms with Gasteiger partial charge in [0.15, 0.2) is 0 Å². The molecule has 0 heterocycles. The lowest BCUT2D eigenvalue weighted by molar-refractivity contribution is 0.863. The lowest BCUT2D eigenvalue weighted by Crippen LogP contribution is -2.07. The van der Waals surface area contributed by atoms with Gasteiger partial charge in [-0.15, -0.1) is 0 Å². The van der Waals surface area contributed by atoms with E-state index in [1.807, 2.05) is 0 Å². The Morgan fingerprint density at radius 3 is 2.40 bits per heavy atom. The molecule has 2 N–H and O–H groups in total.